The molecule has 13 atom stereocenters. The largest absolute Gasteiger partial charge is 0.455 e. The number of nitrogens with one attached hydrogen (secondary N) is 1. The molecule has 2 aromatic heterocycles. The third-order valence-corrected chi connectivity index (χ3v) is 11.7. The number of ketones is 2. The van der Waals surface area contributed by atoms with Crippen molar-refractivity contribution in [2.75, 3.05) is 20.7 Å². The van der Waals surface area contributed by atoms with Crippen LogP contribution in [0.1, 0.15) is 80.2 Å². The van der Waals surface area contributed by atoms with Gasteiger partial charge in [0.1, 0.15) is 30.3 Å². The lowest BCUT2D eigenvalue weighted by molar-refractivity contribution is -0.296. The number of aryl methyl sites for hydroxylation is 1. The number of esters is 1. The number of fused-ring (bicyclic) bond motifs is 1. The van der Waals surface area contributed by atoms with Gasteiger partial charge in [-0.25, -0.2) is 14.0 Å². The first-order valence-electron chi connectivity index (χ1n) is 19.6. The summed E-state index contributed by atoms with van der Waals surface area (Å²) in [6, 6.07) is 2.01. The number of carbonyl (C=O) groups is 4. The van der Waals surface area contributed by atoms with Gasteiger partial charge in [-0.05, 0) is 78.4 Å². The highest BCUT2D eigenvalue weighted by atomic mass is 19.1. The number of likely N-dealkylation sites (N-methyl/N-ethyl adjacent to an activating group) is 1. The first-order chi connectivity index (χ1) is 27.1. The Hall–Kier alpha value is -4.41. The van der Waals surface area contributed by atoms with Crippen molar-refractivity contribution < 1.29 is 52.4 Å². The van der Waals surface area contributed by atoms with Crippen molar-refractivity contribution in [3.63, 3.8) is 0 Å². The van der Waals surface area contributed by atoms with Crippen LogP contribution in [0.15, 0.2) is 18.3 Å². The number of nitrogens with zero attached hydrogens (tertiary/aromatic N) is 6. The third kappa shape index (κ3) is 9.08. The summed E-state index contributed by atoms with van der Waals surface area (Å²) in [7, 11) is 5.25. The summed E-state index contributed by atoms with van der Waals surface area (Å²) in [5.74, 6) is 0.132. The van der Waals surface area contributed by atoms with Gasteiger partial charge < -0.3 is 39.0 Å². The number of Topliss-reactive ketones (excluding diaryl/α,β-unsaturated/α-hetero) is 2. The molecule has 0 aromatic carbocycles. The molecule has 0 saturated carbocycles. The van der Waals surface area contributed by atoms with E-state index in [1.54, 1.807) is 61.0 Å². The van der Waals surface area contributed by atoms with E-state index in [1.165, 1.54) is 24.8 Å². The van der Waals surface area contributed by atoms with E-state index in [1.807, 2.05) is 11.8 Å². The van der Waals surface area contributed by atoms with Crippen molar-refractivity contribution in [2.45, 2.75) is 134 Å². The minimum Gasteiger partial charge on any atom is -0.455 e. The Morgan fingerprint density at radius 1 is 1.10 bits per heavy atom. The standard InChI is InChI=1S/C40H56FN7O10/c1-12-28-40(8)31(43-37(53)58-40)23(4)29(49)21(2)19-38(6,54-17-13-14-25-15-16-26(42-20-25)34-44-46-48(11)45-34)33(24(5)32(51)39(7,41)36(52)56-28)57-35-30(50)27(47(9)10)18-22(3)55-35/h15-16,20-24,27-28,30-31,33,35,50H,12,17-19H2,1-11H3,(H,43,53)/t21-,22-,23+,24+,27+,28-,30-,31-,33?,35-,38+,39+,40-/m1/s1. The van der Waals surface area contributed by atoms with Crippen molar-refractivity contribution >= 4 is 23.6 Å². The zero-order chi connectivity index (χ0) is 42.9. The Labute approximate surface area is 338 Å². The monoisotopic (exact) mass is 813 g/mol. The summed E-state index contributed by atoms with van der Waals surface area (Å²) in [6.45, 7) is 11.9. The Kier molecular flexibility index (Phi) is 13.4. The van der Waals surface area contributed by atoms with Crippen LogP contribution in [0.5, 0.6) is 0 Å². The molecule has 5 heterocycles. The molecule has 0 bridgehead atoms. The zero-order valence-electron chi connectivity index (χ0n) is 35.0. The molecule has 3 saturated heterocycles. The maximum absolute atomic E-state index is 16.9. The number of tetrazole rings is 1. The van der Waals surface area contributed by atoms with Gasteiger partial charge in [-0.2, -0.15) is 4.80 Å². The van der Waals surface area contributed by atoms with E-state index in [9.17, 15) is 24.3 Å². The summed E-state index contributed by atoms with van der Waals surface area (Å²) < 4.78 is 47.4. The van der Waals surface area contributed by atoms with Crippen molar-refractivity contribution in [1.82, 2.24) is 35.4 Å². The average molecular weight is 814 g/mol. The molecule has 1 amide bonds. The Morgan fingerprint density at radius 2 is 1.81 bits per heavy atom. The zero-order valence-corrected chi connectivity index (χ0v) is 35.0. The molecule has 0 aliphatic carbocycles. The molecule has 5 rings (SSSR count). The van der Waals surface area contributed by atoms with Gasteiger partial charge in [-0.1, -0.05) is 39.5 Å². The van der Waals surface area contributed by atoms with Gasteiger partial charge in [0.05, 0.1) is 30.9 Å². The molecule has 3 aliphatic heterocycles. The van der Waals surface area contributed by atoms with Crippen LogP contribution < -0.4 is 5.32 Å². The molecule has 2 aromatic rings. The second-order valence-corrected chi connectivity index (χ2v) is 16.5. The Morgan fingerprint density at radius 3 is 2.41 bits per heavy atom. The fraction of sp³-hybridized carbons (Fsp3) is 0.700. The van der Waals surface area contributed by atoms with Crippen LogP contribution in [0.25, 0.3) is 11.5 Å². The third-order valence-electron chi connectivity index (χ3n) is 11.7. The maximum atomic E-state index is 16.9. The van der Waals surface area contributed by atoms with Gasteiger partial charge >= 0.3 is 12.1 Å². The van der Waals surface area contributed by atoms with Crippen molar-refractivity contribution in [2.24, 2.45) is 24.8 Å². The SMILES string of the molecule is CC[C@H]1OC(=O)[C@@](C)(F)C(=O)[C@H](C)C(O[C@H]2O[C@H](C)C[C@H](N(C)C)[C@H]2O)[C@@](C)(OCC#Cc2ccc(-c3nnn(C)n3)nc2)C[C@@H](C)C(=O)[C@H](C)[C@H]2NC(=O)O[C@@]21C. The molecular formula is C40H56FN7O10. The van der Waals surface area contributed by atoms with Gasteiger partial charge in [0, 0.05) is 35.6 Å². The van der Waals surface area contributed by atoms with E-state index in [4.69, 9.17) is 23.7 Å². The number of cyclic esters (lactones) is 1. The maximum Gasteiger partial charge on any atom is 0.408 e. The minimum absolute atomic E-state index is 0.0733. The Balaban J connectivity index is 1.56. The number of aromatic nitrogens is 5. The number of amides is 1. The van der Waals surface area contributed by atoms with Crippen LogP contribution in [0.3, 0.4) is 0 Å². The second kappa shape index (κ2) is 17.4. The van der Waals surface area contributed by atoms with Crippen molar-refractivity contribution in [1.29, 1.82) is 0 Å². The van der Waals surface area contributed by atoms with Gasteiger partial charge in [0.2, 0.25) is 5.82 Å². The van der Waals surface area contributed by atoms with E-state index in [-0.39, 0.29) is 31.3 Å². The van der Waals surface area contributed by atoms with Crippen LogP contribution in [0, 0.1) is 29.6 Å². The van der Waals surface area contributed by atoms with E-state index >= 15 is 4.39 Å². The molecule has 0 spiro atoms. The minimum atomic E-state index is -3.22. The fourth-order valence-electron chi connectivity index (χ4n) is 8.46. The number of halogens is 1. The summed E-state index contributed by atoms with van der Waals surface area (Å²) in [6.07, 6.45) is -4.43. The van der Waals surface area contributed by atoms with Crippen molar-refractivity contribution in [3.8, 4) is 23.4 Å². The smallest absolute Gasteiger partial charge is 0.408 e. The lowest BCUT2D eigenvalue weighted by Gasteiger charge is -2.47. The summed E-state index contributed by atoms with van der Waals surface area (Å²) in [4.78, 5) is 62.7. The molecule has 3 fully saturated rings. The van der Waals surface area contributed by atoms with Gasteiger partial charge in [0.25, 0.3) is 5.67 Å². The predicted octanol–water partition coefficient (Wildman–Crippen LogP) is 2.58. The van der Waals surface area contributed by atoms with Crippen LogP contribution in [0.2, 0.25) is 0 Å². The first-order valence-corrected chi connectivity index (χ1v) is 19.6. The number of rotatable bonds is 7. The molecule has 17 nitrogen and oxygen atoms in total. The molecule has 58 heavy (non-hydrogen) atoms. The van der Waals surface area contributed by atoms with Crippen LogP contribution >= 0.6 is 0 Å². The summed E-state index contributed by atoms with van der Waals surface area (Å²) in [5, 5.41) is 26.2. The number of alkyl carbamates (subject to hydrolysis) is 1. The van der Waals surface area contributed by atoms with Gasteiger partial charge in [0.15, 0.2) is 17.7 Å². The highest BCUT2D eigenvalue weighted by molar-refractivity contribution is 6.08. The predicted molar refractivity (Wildman–Crippen MR) is 204 cm³/mol. The number of ether oxygens (including phenoxy) is 5. The van der Waals surface area contributed by atoms with Crippen LogP contribution in [-0.2, 0) is 45.1 Å². The fourth-order valence-corrected chi connectivity index (χ4v) is 8.46. The van der Waals surface area contributed by atoms with Crippen LogP contribution in [-0.4, -0.2) is 139 Å². The molecular weight excluding hydrogens is 757 g/mol. The number of hydrogen-bond acceptors (Lipinski definition) is 15. The number of alkyl halides is 1. The van der Waals surface area contributed by atoms with Gasteiger partial charge in [-0.15, -0.1) is 10.2 Å². The Bertz CT molecular complexity index is 1900. The van der Waals surface area contributed by atoms with Crippen molar-refractivity contribution in [3.05, 3.63) is 23.9 Å². The highest BCUT2D eigenvalue weighted by Gasteiger charge is 2.59. The average Bonchev–Trinajstić information content (AvgIpc) is 3.75. The molecule has 18 heteroatoms. The van der Waals surface area contributed by atoms with Crippen LogP contribution in [0.4, 0.5) is 9.18 Å². The molecule has 3 aliphatic rings. The number of hydrogen-bond donors (Lipinski definition) is 2. The van der Waals surface area contributed by atoms with E-state index in [2.05, 4.69) is 37.6 Å². The highest BCUT2D eigenvalue weighted by Crippen LogP contribution is 2.41. The topological polar surface area (TPSA) is 206 Å². The molecule has 0 radical (unpaired) electrons. The number of carbonyl (C=O) groups excluding carboxylic acids is 4. The second-order valence-electron chi connectivity index (χ2n) is 16.5. The molecule has 2 N–H and O–H groups in total. The van der Waals surface area contributed by atoms with E-state index in [0.717, 1.165) is 6.92 Å². The van der Waals surface area contributed by atoms with E-state index in [0.29, 0.717) is 23.5 Å². The summed E-state index contributed by atoms with van der Waals surface area (Å²) >= 11 is 0. The lowest BCUT2D eigenvalue weighted by Crippen LogP contribution is -2.61. The normalized spacial score (nSPS) is 37.6. The molecule has 318 valence electrons. The number of pyridine rings is 1. The molecule has 1 unspecified atom stereocenters. The first kappa shape index (κ1) is 44.7. The quantitative estimate of drug-likeness (QED) is 0.234. The summed E-state index contributed by atoms with van der Waals surface area (Å²) in [5.41, 5.74) is -5.41. The van der Waals surface area contributed by atoms with E-state index < -0.39 is 89.2 Å². The lowest BCUT2D eigenvalue weighted by atomic mass is 9.73. The van der Waals surface area contributed by atoms with Gasteiger partial charge in [-0.3, -0.25) is 14.6 Å². The number of aliphatic hydroxyl groups excluding tert-OH is 1. The number of aliphatic hydroxyl groups is 1.